The van der Waals surface area contributed by atoms with Gasteiger partial charge in [0.2, 0.25) is 11.8 Å². The monoisotopic (exact) mass is 349 g/mol. The molecule has 0 saturated carbocycles. The van der Waals surface area contributed by atoms with E-state index in [1.165, 1.54) is 18.7 Å². The molecule has 0 atom stereocenters. The van der Waals surface area contributed by atoms with E-state index in [9.17, 15) is 19.6 Å². The van der Waals surface area contributed by atoms with E-state index < -0.39 is 0 Å². The van der Waals surface area contributed by atoms with Gasteiger partial charge in [-0.1, -0.05) is 12.1 Å². The van der Waals surface area contributed by atoms with Crippen molar-refractivity contribution in [3.05, 3.63) is 59.7 Å². The minimum atomic E-state index is -0.263. The molecule has 26 heavy (non-hydrogen) atoms. The zero-order chi connectivity index (χ0) is 19.1. The Hall–Kier alpha value is -3.46. The smallest absolute Gasteiger partial charge is 0.226 e. The minimum Gasteiger partial charge on any atom is -0.326 e. The number of carbonyl (C=O) groups is 3. The first-order valence-electron chi connectivity index (χ1n) is 8.10. The van der Waals surface area contributed by atoms with Gasteiger partial charge in [-0.05, 0) is 43.3 Å². The zero-order valence-electron chi connectivity index (χ0n) is 14.7. The Morgan fingerprint density at radius 3 is 2.27 bits per heavy atom. The van der Waals surface area contributed by atoms with Crippen LogP contribution in [0.3, 0.4) is 0 Å². The number of Topliss-reactive ketones (excluding diaryl/α,β-unsaturated/α-hetero) is 1. The van der Waals surface area contributed by atoms with Gasteiger partial charge in [-0.3, -0.25) is 14.4 Å². The van der Waals surface area contributed by atoms with Crippen LogP contribution in [0.1, 0.15) is 36.2 Å². The van der Waals surface area contributed by atoms with E-state index in [2.05, 4.69) is 11.4 Å². The highest BCUT2D eigenvalue weighted by Crippen LogP contribution is 2.20. The maximum Gasteiger partial charge on any atom is 0.226 e. The summed E-state index contributed by atoms with van der Waals surface area (Å²) in [5, 5.41) is 11.9. The van der Waals surface area contributed by atoms with Crippen LogP contribution >= 0.6 is 0 Å². The predicted octanol–water partition coefficient (Wildman–Crippen LogP) is 3.14. The van der Waals surface area contributed by atoms with Crippen molar-refractivity contribution in [2.75, 3.05) is 16.8 Å². The van der Waals surface area contributed by atoms with E-state index in [1.807, 2.05) is 0 Å². The van der Waals surface area contributed by atoms with Gasteiger partial charge in [0, 0.05) is 31.1 Å². The van der Waals surface area contributed by atoms with Crippen molar-refractivity contribution in [1.29, 1.82) is 5.26 Å². The number of nitriles is 1. The molecule has 0 spiro atoms. The van der Waals surface area contributed by atoms with E-state index in [0.29, 0.717) is 22.5 Å². The highest BCUT2D eigenvalue weighted by Gasteiger charge is 2.16. The molecule has 2 aromatic carbocycles. The molecule has 0 aliphatic carbocycles. The Bertz CT molecular complexity index is 867. The van der Waals surface area contributed by atoms with Crippen molar-refractivity contribution in [1.82, 2.24) is 0 Å². The number of nitrogens with zero attached hydrogens (tertiary/aromatic N) is 2. The Labute approximate surface area is 152 Å². The first-order valence-corrected chi connectivity index (χ1v) is 8.10. The summed E-state index contributed by atoms with van der Waals surface area (Å²) in [5.74, 6) is -0.552. The second-order valence-corrected chi connectivity index (χ2v) is 5.73. The Morgan fingerprint density at radius 2 is 1.69 bits per heavy atom. The number of nitrogens with one attached hydrogen (secondary N) is 1. The van der Waals surface area contributed by atoms with Crippen LogP contribution in [0.5, 0.6) is 0 Å². The summed E-state index contributed by atoms with van der Waals surface area (Å²) in [6, 6.07) is 15.4. The second-order valence-electron chi connectivity index (χ2n) is 5.73. The van der Waals surface area contributed by atoms with Crippen molar-refractivity contribution in [2.45, 2.75) is 20.3 Å². The predicted molar refractivity (Wildman–Crippen MR) is 98.9 cm³/mol. The molecule has 2 amide bonds. The fourth-order valence-electron chi connectivity index (χ4n) is 2.48. The fourth-order valence-corrected chi connectivity index (χ4v) is 2.48. The van der Waals surface area contributed by atoms with Gasteiger partial charge < -0.3 is 10.2 Å². The SMILES string of the molecule is CC(=O)c1ccc(NC(=O)CCN(C(C)=O)c2ccccc2C#N)cc1. The van der Waals surface area contributed by atoms with Gasteiger partial charge in [0.25, 0.3) is 0 Å². The van der Waals surface area contributed by atoms with Crippen LogP contribution in [0.15, 0.2) is 48.5 Å². The number of para-hydroxylation sites is 1. The van der Waals surface area contributed by atoms with Gasteiger partial charge in [0.05, 0.1) is 11.3 Å². The van der Waals surface area contributed by atoms with Crippen LogP contribution in [0.25, 0.3) is 0 Å². The molecule has 0 saturated heterocycles. The highest BCUT2D eigenvalue weighted by atomic mass is 16.2. The van der Waals surface area contributed by atoms with E-state index in [1.54, 1.807) is 48.5 Å². The lowest BCUT2D eigenvalue weighted by Gasteiger charge is -2.22. The Morgan fingerprint density at radius 1 is 1.04 bits per heavy atom. The lowest BCUT2D eigenvalue weighted by molar-refractivity contribution is -0.117. The summed E-state index contributed by atoms with van der Waals surface area (Å²) in [4.78, 5) is 36.8. The number of amides is 2. The van der Waals surface area contributed by atoms with Gasteiger partial charge in [0.15, 0.2) is 5.78 Å². The molecule has 0 unspecified atom stereocenters. The molecular formula is C20H19N3O3. The van der Waals surface area contributed by atoms with E-state index in [0.717, 1.165) is 0 Å². The first-order chi connectivity index (χ1) is 12.4. The van der Waals surface area contributed by atoms with Gasteiger partial charge in [-0.2, -0.15) is 5.26 Å². The van der Waals surface area contributed by atoms with Crippen LogP contribution in [-0.2, 0) is 9.59 Å². The highest BCUT2D eigenvalue weighted by molar-refractivity contribution is 5.97. The number of hydrogen-bond donors (Lipinski definition) is 1. The van der Waals surface area contributed by atoms with E-state index in [4.69, 9.17) is 0 Å². The molecule has 1 N–H and O–H groups in total. The van der Waals surface area contributed by atoms with Crippen LogP contribution in [0, 0.1) is 11.3 Å². The van der Waals surface area contributed by atoms with E-state index in [-0.39, 0.29) is 30.6 Å². The number of hydrogen-bond acceptors (Lipinski definition) is 4. The van der Waals surface area contributed by atoms with Crippen LogP contribution in [0.4, 0.5) is 11.4 Å². The van der Waals surface area contributed by atoms with Gasteiger partial charge in [-0.25, -0.2) is 0 Å². The lowest BCUT2D eigenvalue weighted by Crippen LogP contribution is -2.32. The van der Waals surface area contributed by atoms with Gasteiger partial charge >= 0.3 is 0 Å². The molecule has 6 nitrogen and oxygen atoms in total. The maximum absolute atomic E-state index is 12.2. The third-order valence-electron chi connectivity index (χ3n) is 3.83. The number of carbonyl (C=O) groups excluding carboxylic acids is 3. The van der Waals surface area contributed by atoms with Crippen molar-refractivity contribution in [2.24, 2.45) is 0 Å². The Balaban J connectivity index is 2.03. The van der Waals surface area contributed by atoms with Crippen LogP contribution in [-0.4, -0.2) is 24.1 Å². The topological polar surface area (TPSA) is 90.3 Å². The molecule has 0 heterocycles. The molecule has 0 bridgehead atoms. The molecule has 132 valence electrons. The summed E-state index contributed by atoms with van der Waals surface area (Å²) in [6.45, 7) is 3.03. The summed E-state index contributed by atoms with van der Waals surface area (Å²) in [5.41, 5.74) is 2.01. The molecule has 2 aromatic rings. The quantitative estimate of drug-likeness (QED) is 0.811. The van der Waals surface area contributed by atoms with Gasteiger partial charge in [-0.15, -0.1) is 0 Å². The second kappa shape index (κ2) is 8.58. The van der Waals surface area contributed by atoms with Gasteiger partial charge in [0.1, 0.15) is 6.07 Å². The molecule has 0 radical (unpaired) electrons. The molecule has 0 aliphatic heterocycles. The average Bonchev–Trinajstić information content (AvgIpc) is 2.62. The number of benzene rings is 2. The minimum absolute atomic E-state index is 0.0452. The molecule has 6 heteroatoms. The average molecular weight is 349 g/mol. The Kier molecular flexibility index (Phi) is 6.23. The maximum atomic E-state index is 12.2. The van der Waals surface area contributed by atoms with E-state index >= 15 is 0 Å². The lowest BCUT2D eigenvalue weighted by atomic mass is 10.1. The van der Waals surface area contributed by atoms with Crippen molar-refractivity contribution >= 4 is 29.0 Å². The number of ketones is 1. The summed E-state index contributed by atoms with van der Waals surface area (Å²) in [7, 11) is 0. The summed E-state index contributed by atoms with van der Waals surface area (Å²) >= 11 is 0. The van der Waals surface area contributed by atoms with Crippen molar-refractivity contribution in [3.8, 4) is 6.07 Å². The third kappa shape index (κ3) is 4.77. The number of anilines is 2. The third-order valence-corrected chi connectivity index (χ3v) is 3.83. The molecule has 0 aliphatic rings. The summed E-state index contributed by atoms with van der Waals surface area (Å²) in [6.07, 6.45) is 0.0772. The summed E-state index contributed by atoms with van der Waals surface area (Å²) < 4.78 is 0. The van der Waals surface area contributed by atoms with Crippen molar-refractivity contribution < 1.29 is 14.4 Å². The van der Waals surface area contributed by atoms with Crippen LogP contribution in [0.2, 0.25) is 0 Å². The van der Waals surface area contributed by atoms with Crippen LogP contribution < -0.4 is 10.2 Å². The normalized spacial score (nSPS) is 9.88. The molecule has 0 fully saturated rings. The van der Waals surface area contributed by atoms with Crippen molar-refractivity contribution in [3.63, 3.8) is 0 Å². The zero-order valence-corrected chi connectivity index (χ0v) is 14.7. The molecular weight excluding hydrogens is 330 g/mol. The molecule has 2 rings (SSSR count). The first kappa shape index (κ1) is 18.9. The fraction of sp³-hybridized carbons (Fsp3) is 0.200. The number of rotatable bonds is 6. The standard InChI is InChI=1S/C20H19N3O3/c1-14(24)16-7-9-18(10-8-16)22-20(26)11-12-23(15(2)25)19-6-4-3-5-17(19)13-21/h3-10H,11-12H2,1-2H3,(H,22,26). The molecule has 0 aromatic heterocycles. The largest absolute Gasteiger partial charge is 0.326 e.